The molecule has 0 radical (unpaired) electrons. The van der Waals surface area contributed by atoms with Crippen LogP contribution in [0.4, 0.5) is 0 Å². The summed E-state index contributed by atoms with van der Waals surface area (Å²) in [6.45, 7) is 9.54. The summed E-state index contributed by atoms with van der Waals surface area (Å²) in [5, 5.41) is 12.9. The maximum atomic E-state index is 13.2. The van der Waals surface area contributed by atoms with Gasteiger partial charge in [0.1, 0.15) is 10.6 Å². The number of carbonyl (C=O) groups is 1. The van der Waals surface area contributed by atoms with Crippen LogP contribution >= 0.6 is 11.5 Å². The highest BCUT2D eigenvalue weighted by Gasteiger charge is 2.32. The summed E-state index contributed by atoms with van der Waals surface area (Å²) in [7, 11) is 1.83. The topological polar surface area (TPSA) is 89.9 Å². The SMILES string of the molecule is Cc1cc(-c2snnc2C2CCCN(C(=O)c3cc(C(C)(C)C)nn3C)C2)on1. The zero-order valence-electron chi connectivity index (χ0n) is 17.5. The van der Waals surface area contributed by atoms with Gasteiger partial charge in [0.2, 0.25) is 0 Å². The molecule has 0 aliphatic carbocycles. The van der Waals surface area contributed by atoms with Gasteiger partial charge in [0.25, 0.3) is 5.91 Å². The molecular weight excluding hydrogens is 388 g/mol. The predicted octanol–water partition coefficient (Wildman–Crippen LogP) is 3.55. The van der Waals surface area contributed by atoms with Crippen molar-refractivity contribution in [3.05, 3.63) is 34.9 Å². The fraction of sp³-hybridized carbons (Fsp3) is 0.550. The van der Waals surface area contributed by atoms with Gasteiger partial charge in [-0.3, -0.25) is 9.48 Å². The molecule has 0 N–H and O–H groups in total. The number of aryl methyl sites for hydroxylation is 2. The van der Waals surface area contributed by atoms with E-state index in [9.17, 15) is 4.79 Å². The highest BCUT2D eigenvalue weighted by Crippen LogP contribution is 2.36. The van der Waals surface area contributed by atoms with Crippen LogP contribution < -0.4 is 0 Å². The van der Waals surface area contributed by atoms with Crippen molar-refractivity contribution < 1.29 is 9.32 Å². The Morgan fingerprint density at radius 1 is 1.31 bits per heavy atom. The average molecular weight is 415 g/mol. The second-order valence-electron chi connectivity index (χ2n) is 8.70. The van der Waals surface area contributed by atoms with E-state index < -0.39 is 0 Å². The second-order valence-corrected chi connectivity index (χ2v) is 9.45. The van der Waals surface area contributed by atoms with E-state index in [4.69, 9.17) is 4.52 Å². The molecule has 154 valence electrons. The van der Waals surface area contributed by atoms with Crippen LogP contribution in [0.25, 0.3) is 10.6 Å². The number of rotatable bonds is 3. The summed E-state index contributed by atoms with van der Waals surface area (Å²) < 4.78 is 11.3. The van der Waals surface area contributed by atoms with Gasteiger partial charge in [-0.15, -0.1) is 5.10 Å². The minimum atomic E-state index is -0.100. The number of carbonyl (C=O) groups excluding carboxylic acids is 1. The lowest BCUT2D eigenvalue weighted by Gasteiger charge is -2.32. The maximum absolute atomic E-state index is 13.2. The Kier molecular flexibility index (Phi) is 5.02. The van der Waals surface area contributed by atoms with Gasteiger partial charge in [-0.1, -0.05) is 30.4 Å². The molecule has 0 aromatic carbocycles. The third kappa shape index (κ3) is 3.83. The Bertz CT molecular complexity index is 1030. The minimum Gasteiger partial charge on any atom is -0.355 e. The molecule has 0 saturated carbocycles. The first-order valence-electron chi connectivity index (χ1n) is 9.84. The molecule has 0 bridgehead atoms. The van der Waals surface area contributed by atoms with Gasteiger partial charge >= 0.3 is 0 Å². The number of likely N-dealkylation sites (tertiary alicyclic amines) is 1. The van der Waals surface area contributed by atoms with Gasteiger partial charge in [-0.25, -0.2) is 0 Å². The number of hydrogen-bond acceptors (Lipinski definition) is 7. The fourth-order valence-corrected chi connectivity index (χ4v) is 4.38. The van der Waals surface area contributed by atoms with Crippen LogP contribution in [0.5, 0.6) is 0 Å². The van der Waals surface area contributed by atoms with E-state index >= 15 is 0 Å². The lowest BCUT2D eigenvalue weighted by atomic mass is 9.92. The number of amides is 1. The maximum Gasteiger partial charge on any atom is 0.272 e. The molecule has 1 saturated heterocycles. The first kappa shape index (κ1) is 19.8. The number of nitrogens with zero attached hydrogens (tertiary/aromatic N) is 6. The van der Waals surface area contributed by atoms with E-state index in [1.54, 1.807) is 4.68 Å². The van der Waals surface area contributed by atoms with E-state index in [-0.39, 0.29) is 17.2 Å². The molecule has 1 aliphatic rings. The van der Waals surface area contributed by atoms with E-state index in [0.717, 1.165) is 41.3 Å². The summed E-state index contributed by atoms with van der Waals surface area (Å²) in [6.07, 6.45) is 1.89. The highest BCUT2D eigenvalue weighted by molar-refractivity contribution is 7.09. The third-order valence-electron chi connectivity index (χ3n) is 5.33. The normalized spacial score (nSPS) is 17.7. The average Bonchev–Trinajstić information content (AvgIpc) is 3.39. The Labute approximate surface area is 174 Å². The highest BCUT2D eigenvalue weighted by atomic mass is 32.1. The summed E-state index contributed by atoms with van der Waals surface area (Å²) >= 11 is 1.31. The Balaban J connectivity index is 1.56. The van der Waals surface area contributed by atoms with Crippen LogP contribution in [0, 0.1) is 6.92 Å². The molecule has 29 heavy (non-hydrogen) atoms. The van der Waals surface area contributed by atoms with Gasteiger partial charge in [0, 0.05) is 37.5 Å². The van der Waals surface area contributed by atoms with Crippen molar-refractivity contribution in [3.63, 3.8) is 0 Å². The summed E-state index contributed by atoms with van der Waals surface area (Å²) in [4.78, 5) is 16.0. The number of hydrogen-bond donors (Lipinski definition) is 0. The molecule has 8 nitrogen and oxygen atoms in total. The zero-order chi connectivity index (χ0) is 20.8. The molecule has 1 aliphatic heterocycles. The van der Waals surface area contributed by atoms with Crippen LogP contribution in [0.3, 0.4) is 0 Å². The molecule has 0 spiro atoms. The van der Waals surface area contributed by atoms with Crippen LogP contribution in [0.1, 0.15) is 67.1 Å². The van der Waals surface area contributed by atoms with Crippen molar-refractivity contribution in [2.24, 2.45) is 7.05 Å². The molecule has 1 unspecified atom stereocenters. The van der Waals surface area contributed by atoms with Crippen molar-refractivity contribution in [1.29, 1.82) is 0 Å². The fourth-order valence-electron chi connectivity index (χ4n) is 3.69. The first-order valence-corrected chi connectivity index (χ1v) is 10.6. The van der Waals surface area contributed by atoms with Crippen molar-refractivity contribution in [3.8, 4) is 10.6 Å². The van der Waals surface area contributed by atoms with Crippen molar-refractivity contribution in [2.75, 3.05) is 13.1 Å². The van der Waals surface area contributed by atoms with E-state index in [0.29, 0.717) is 18.0 Å². The van der Waals surface area contributed by atoms with Crippen LogP contribution in [0.2, 0.25) is 0 Å². The molecule has 9 heteroatoms. The van der Waals surface area contributed by atoms with Gasteiger partial charge < -0.3 is 9.42 Å². The smallest absolute Gasteiger partial charge is 0.272 e. The predicted molar refractivity (Wildman–Crippen MR) is 110 cm³/mol. The number of piperidine rings is 1. The summed E-state index contributed by atoms with van der Waals surface area (Å²) in [5.74, 6) is 0.833. The van der Waals surface area contributed by atoms with Crippen LogP contribution in [-0.2, 0) is 12.5 Å². The standard InChI is InChI=1S/C20H26N6O2S/c1-12-9-15(28-23-12)18-17(21-24-29-18)13-7-6-8-26(11-13)19(27)14-10-16(20(2,3)4)22-25(14)5/h9-10,13H,6-8,11H2,1-5H3. The van der Waals surface area contributed by atoms with Gasteiger partial charge in [0.05, 0.1) is 17.1 Å². The third-order valence-corrected chi connectivity index (χ3v) is 6.08. The van der Waals surface area contributed by atoms with Crippen molar-refractivity contribution >= 4 is 17.4 Å². The largest absolute Gasteiger partial charge is 0.355 e. The molecule has 4 heterocycles. The lowest BCUT2D eigenvalue weighted by Crippen LogP contribution is -2.40. The zero-order valence-corrected chi connectivity index (χ0v) is 18.3. The second kappa shape index (κ2) is 7.37. The van der Waals surface area contributed by atoms with Crippen LogP contribution in [-0.4, -0.2) is 48.4 Å². The molecule has 1 amide bonds. The number of aromatic nitrogens is 5. The molecule has 1 atom stereocenters. The van der Waals surface area contributed by atoms with Gasteiger partial charge in [-0.05, 0) is 37.4 Å². The monoisotopic (exact) mass is 414 g/mol. The molecule has 1 fully saturated rings. The first-order chi connectivity index (χ1) is 13.7. The molecule has 3 aromatic heterocycles. The minimum absolute atomic E-state index is 0.0143. The lowest BCUT2D eigenvalue weighted by molar-refractivity contribution is 0.0695. The summed E-state index contributed by atoms with van der Waals surface area (Å²) in [6, 6.07) is 3.81. The van der Waals surface area contributed by atoms with E-state index in [1.807, 2.05) is 31.0 Å². The van der Waals surface area contributed by atoms with Crippen molar-refractivity contribution in [2.45, 2.75) is 51.9 Å². The Morgan fingerprint density at radius 2 is 2.10 bits per heavy atom. The van der Waals surface area contributed by atoms with E-state index in [2.05, 4.69) is 40.6 Å². The molecular formula is C20H26N6O2S. The summed E-state index contributed by atoms with van der Waals surface area (Å²) in [5.41, 5.74) is 3.16. The molecule has 3 aromatic rings. The van der Waals surface area contributed by atoms with Gasteiger partial charge in [-0.2, -0.15) is 5.10 Å². The van der Waals surface area contributed by atoms with Gasteiger partial charge in [0.15, 0.2) is 5.76 Å². The Hall–Kier alpha value is -2.55. The van der Waals surface area contributed by atoms with Crippen molar-refractivity contribution in [1.82, 2.24) is 29.4 Å². The molecule has 4 rings (SSSR count). The Morgan fingerprint density at radius 3 is 2.76 bits per heavy atom. The van der Waals surface area contributed by atoms with Crippen LogP contribution in [0.15, 0.2) is 16.7 Å². The quantitative estimate of drug-likeness (QED) is 0.651. The van der Waals surface area contributed by atoms with E-state index in [1.165, 1.54) is 11.5 Å².